The first-order chi connectivity index (χ1) is 6.02. The molecular weight excluding hydrogens is 164 g/mol. The molecule has 1 N–H and O–H groups in total. The Balaban J connectivity index is 2.52. The van der Waals surface area contributed by atoms with E-state index in [0.717, 1.165) is 13.0 Å². The van der Waals surface area contributed by atoms with Gasteiger partial charge in [0.1, 0.15) is 0 Å². The van der Waals surface area contributed by atoms with Crippen LogP contribution in [0.1, 0.15) is 34.1 Å². The summed E-state index contributed by atoms with van der Waals surface area (Å²) < 4.78 is 0. The quantitative estimate of drug-likeness (QED) is 0.697. The summed E-state index contributed by atoms with van der Waals surface area (Å²) >= 11 is 0. The number of nitrogens with zero attached hydrogens (tertiary/aromatic N) is 1. The molecule has 0 aromatic rings. The number of rotatable bonds is 2. The van der Waals surface area contributed by atoms with Gasteiger partial charge in [-0.15, -0.1) is 0 Å². The summed E-state index contributed by atoms with van der Waals surface area (Å²) in [5, 5.41) is 3.03. The van der Waals surface area contributed by atoms with Crippen LogP contribution in [0.2, 0.25) is 0 Å². The van der Waals surface area contributed by atoms with Crippen LogP contribution in [0, 0.1) is 5.92 Å². The molecule has 0 spiro atoms. The van der Waals surface area contributed by atoms with E-state index in [-0.39, 0.29) is 6.03 Å². The van der Waals surface area contributed by atoms with Crippen molar-refractivity contribution in [1.29, 1.82) is 0 Å². The lowest BCUT2D eigenvalue weighted by Gasteiger charge is -2.37. The van der Waals surface area contributed by atoms with Crippen molar-refractivity contribution in [3.05, 3.63) is 0 Å². The summed E-state index contributed by atoms with van der Waals surface area (Å²) in [5.41, 5.74) is 0. The van der Waals surface area contributed by atoms with E-state index in [9.17, 15) is 4.79 Å². The van der Waals surface area contributed by atoms with Gasteiger partial charge in [-0.05, 0) is 26.2 Å². The molecule has 1 saturated heterocycles. The van der Waals surface area contributed by atoms with E-state index in [1.54, 1.807) is 0 Å². The topological polar surface area (TPSA) is 32.3 Å². The van der Waals surface area contributed by atoms with Crippen molar-refractivity contribution >= 4 is 6.03 Å². The molecule has 1 atom stereocenters. The van der Waals surface area contributed by atoms with Crippen molar-refractivity contribution in [2.75, 3.05) is 6.54 Å². The van der Waals surface area contributed by atoms with E-state index < -0.39 is 0 Å². The van der Waals surface area contributed by atoms with Crippen molar-refractivity contribution in [2.24, 2.45) is 5.92 Å². The maximum Gasteiger partial charge on any atom is 0.317 e. The molecule has 1 aliphatic rings. The number of carbonyl (C=O) groups is 1. The summed E-state index contributed by atoms with van der Waals surface area (Å²) in [4.78, 5) is 13.5. The lowest BCUT2D eigenvalue weighted by Crippen LogP contribution is -2.55. The zero-order valence-electron chi connectivity index (χ0n) is 9.00. The van der Waals surface area contributed by atoms with Gasteiger partial charge in [-0.1, -0.05) is 13.8 Å². The second-order valence-electron chi connectivity index (χ2n) is 4.38. The van der Waals surface area contributed by atoms with Crippen molar-refractivity contribution < 1.29 is 4.79 Å². The van der Waals surface area contributed by atoms with Crippen molar-refractivity contribution in [3.63, 3.8) is 0 Å². The van der Waals surface area contributed by atoms with Gasteiger partial charge in [0, 0.05) is 18.6 Å². The molecule has 0 saturated carbocycles. The number of urea groups is 1. The Morgan fingerprint density at radius 1 is 1.38 bits per heavy atom. The van der Waals surface area contributed by atoms with Gasteiger partial charge in [-0.3, -0.25) is 0 Å². The number of nitrogens with one attached hydrogen (secondary N) is 1. The third-order valence-corrected chi connectivity index (χ3v) is 2.68. The highest BCUT2D eigenvalue weighted by Crippen LogP contribution is 2.14. The van der Waals surface area contributed by atoms with Gasteiger partial charge >= 0.3 is 6.03 Å². The zero-order chi connectivity index (χ0) is 10.0. The fourth-order valence-corrected chi connectivity index (χ4v) is 1.69. The molecule has 3 nitrogen and oxygen atoms in total. The van der Waals surface area contributed by atoms with Crippen LogP contribution in [-0.2, 0) is 0 Å². The fraction of sp³-hybridized carbons (Fsp3) is 0.900. The monoisotopic (exact) mass is 184 g/mol. The van der Waals surface area contributed by atoms with E-state index in [0.29, 0.717) is 18.0 Å². The van der Waals surface area contributed by atoms with Crippen LogP contribution in [0.25, 0.3) is 0 Å². The molecule has 0 aromatic heterocycles. The lowest BCUT2D eigenvalue weighted by molar-refractivity contribution is 0.150. The minimum atomic E-state index is 0.0972. The third kappa shape index (κ3) is 2.36. The Morgan fingerprint density at radius 3 is 2.38 bits per heavy atom. The number of carbonyl (C=O) groups excluding carboxylic acids is 1. The Kier molecular flexibility index (Phi) is 3.17. The Morgan fingerprint density at radius 2 is 2.00 bits per heavy atom. The number of amides is 2. The molecule has 1 heterocycles. The first-order valence-corrected chi connectivity index (χ1v) is 5.09. The van der Waals surface area contributed by atoms with E-state index in [4.69, 9.17) is 0 Å². The molecule has 0 bridgehead atoms. The van der Waals surface area contributed by atoms with E-state index in [1.807, 2.05) is 4.90 Å². The summed E-state index contributed by atoms with van der Waals surface area (Å²) in [7, 11) is 0. The van der Waals surface area contributed by atoms with Gasteiger partial charge in [0.2, 0.25) is 0 Å². The van der Waals surface area contributed by atoms with Crippen LogP contribution in [-0.4, -0.2) is 29.6 Å². The fourth-order valence-electron chi connectivity index (χ4n) is 1.69. The molecule has 1 rings (SSSR count). The zero-order valence-corrected chi connectivity index (χ0v) is 9.00. The van der Waals surface area contributed by atoms with Crippen molar-refractivity contribution in [2.45, 2.75) is 46.2 Å². The van der Waals surface area contributed by atoms with Crippen LogP contribution in [0.3, 0.4) is 0 Å². The SMILES string of the molecule is CC(C)C1CCN(C(C)C)C(=O)N1. The van der Waals surface area contributed by atoms with Crippen molar-refractivity contribution in [1.82, 2.24) is 10.2 Å². The maximum absolute atomic E-state index is 11.6. The molecule has 0 radical (unpaired) electrons. The molecule has 1 fully saturated rings. The molecule has 1 unspecified atom stereocenters. The van der Waals surface area contributed by atoms with E-state index in [1.165, 1.54) is 0 Å². The Hall–Kier alpha value is -0.730. The van der Waals surface area contributed by atoms with E-state index in [2.05, 4.69) is 33.0 Å². The van der Waals surface area contributed by atoms with Gasteiger partial charge < -0.3 is 10.2 Å². The van der Waals surface area contributed by atoms with Gasteiger partial charge in [-0.2, -0.15) is 0 Å². The summed E-state index contributed by atoms with van der Waals surface area (Å²) in [6.07, 6.45) is 1.07. The van der Waals surface area contributed by atoms with Crippen LogP contribution >= 0.6 is 0 Å². The highest BCUT2D eigenvalue weighted by atomic mass is 16.2. The summed E-state index contributed by atoms with van der Waals surface area (Å²) in [5.74, 6) is 0.540. The number of hydrogen-bond acceptors (Lipinski definition) is 1. The first-order valence-electron chi connectivity index (χ1n) is 5.09. The average molecular weight is 184 g/mol. The maximum atomic E-state index is 11.6. The number of hydrogen-bond donors (Lipinski definition) is 1. The van der Waals surface area contributed by atoms with Crippen LogP contribution < -0.4 is 5.32 Å². The predicted octanol–water partition coefficient (Wildman–Crippen LogP) is 1.83. The van der Waals surface area contributed by atoms with Gasteiger partial charge in [0.15, 0.2) is 0 Å². The predicted molar refractivity (Wildman–Crippen MR) is 53.6 cm³/mol. The van der Waals surface area contributed by atoms with Crippen LogP contribution in [0.5, 0.6) is 0 Å². The molecular formula is C10H20N2O. The molecule has 3 heteroatoms. The second-order valence-corrected chi connectivity index (χ2v) is 4.38. The highest BCUT2D eigenvalue weighted by molar-refractivity contribution is 5.75. The third-order valence-electron chi connectivity index (χ3n) is 2.68. The van der Waals surface area contributed by atoms with Gasteiger partial charge in [0.25, 0.3) is 0 Å². The molecule has 0 aromatic carbocycles. The van der Waals surface area contributed by atoms with Gasteiger partial charge in [0.05, 0.1) is 0 Å². The van der Waals surface area contributed by atoms with Crippen LogP contribution in [0.4, 0.5) is 4.79 Å². The molecule has 76 valence electrons. The smallest absolute Gasteiger partial charge is 0.317 e. The molecule has 0 aliphatic carbocycles. The highest BCUT2D eigenvalue weighted by Gasteiger charge is 2.27. The second kappa shape index (κ2) is 3.99. The largest absolute Gasteiger partial charge is 0.335 e. The first kappa shape index (κ1) is 10.4. The van der Waals surface area contributed by atoms with Crippen LogP contribution in [0.15, 0.2) is 0 Å². The molecule has 1 aliphatic heterocycles. The summed E-state index contributed by atoms with van der Waals surface area (Å²) in [6.45, 7) is 9.29. The van der Waals surface area contributed by atoms with Gasteiger partial charge in [-0.25, -0.2) is 4.79 Å². The lowest BCUT2D eigenvalue weighted by atomic mass is 9.99. The van der Waals surface area contributed by atoms with E-state index >= 15 is 0 Å². The standard InChI is InChI=1S/C10H20N2O/c1-7(2)9-5-6-12(8(3)4)10(13)11-9/h7-9H,5-6H2,1-4H3,(H,11,13). The average Bonchev–Trinajstić information content (AvgIpc) is 2.03. The molecule has 2 amide bonds. The normalized spacial score (nSPS) is 24.0. The van der Waals surface area contributed by atoms with Crippen molar-refractivity contribution in [3.8, 4) is 0 Å². The minimum Gasteiger partial charge on any atom is -0.335 e. The Labute approximate surface area is 80.5 Å². The minimum absolute atomic E-state index is 0.0972. The summed E-state index contributed by atoms with van der Waals surface area (Å²) in [6, 6.07) is 0.774. The Bertz CT molecular complexity index is 189. The molecule has 13 heavy (non-hydrogen) atoms.